The largest absolute Gasteiger partial charge is 0.381 e. The molecular weight excluding hydrogens is 359 g/mol. The van der Waals surface area contributed by atoms with Crippen molar-refractivity contribution < 1.29 is 9.13 Å². The van der Waals surface area contributed by atoms with Gasteiger partial charge in [0, 0.05) is 24.8 Å². The predicted octanol–water partition coefficient (Wildman–Crippen LogP) is 4.76. The number of fused-ring (bicyclic) bond motifs is 1. The van der Waals surface area contributed by atoms with Crippen LogP contribution >= 0.6 is 27.5 Å². The number of benzene rings is 1. The lowest BCUT2D eigenvalue weighted by molar-refractivity contribution is 0.0300. The minimum absolute atomic E-state index is 0.108. The topological polar surface area (TPSA) is 27.1 Å². The molecule has 1 aromatic carbocycles. The Bertz CT molecular complexity index is 680. The number of alkyl halides is 1. The quantitative estimate of drug-likeness (QED) is 0.707. The fourth-order valence-corrected chi connectivity index (χ4v) is 3.44. The van der Waals surface area contributed by atoms with Crippen LogP contribution in [-0.4, -0.2) is 22.8 Å². The summed E-state index contributed by atoms with van der Waals surface area (Å²) in [5.74, 6) is 0.478. The van der Waals surface area contributed by atoms with Gasteiger partial charge in [0.2, 0.25) is 0 Å². The van der Waals surface area contributed by atoms with Crippen molar-refractivity contribution in [2.24, 2.45) is 0 Å². The van der Waals surface area contributed by atoms with Gasteiger partial charge >= 0.3 is 0 Å². The number of hydrogen-bond donors (Lipinski definition) is 0. The smallest absolute Gasteiger partial charge is 0.139 e. The molecule has 0 bridgehead atoms. The van der Waals surface area contributed by atoms with E-state index in [0.29, 0.717) is 23.2 Å². The Kier molecular flexibility index (Phi) is 4.01. The van der Waals surface area contributed by atoms with Crippen LogP contribution in [0.2, 0.25) is 0 Å². The Morgan fingerprint density at radius 3 is 2.71 bits per heavy atom. The van der Waals surface area contributed by atoms with Gasteiger partial charge in [-0.05, 0) is 48.7 Å². The molecule has 1 aliphatic rings. The van der Waals surface area contributed by atoms with Gasteiger partial charge in [0.05, 0.1) is 20.9 Å². The molecule has 1 unspecified atom stereocenters. The zero-order valence-corrected chi connectivity index (χ0v) is 14.3. The maximum Gasteiger partial charge on any atom is 0.139 e. The zero-order valence-electron chi connectivity index (χ0n) is 12.0. The summed E-state index contributed by atoms with van der Waals surface area (Å²) >= 11 is 9.59. The molecule has 0 aliphatic carbocycles. The number of aromatic nitrogens is 2. The summed E-state index contributed by atoms with van der Waals surface area (Å²) in [5, 5.41) is -0.237. The van der Waals surface area contributed by atoms with Crippen LogP contribution in [0.4, 0.5) is 4.39 Å². The van der Waals surface area contributed by atoms with Crippen LogP contribution in [0.15, 0.2) is 16.6 Å². The molecule has 0 radical (unpaired) electrons. The maximum atomic E-state index is 13.8. The highest BCUT2D eigenvalue weighted by molar-refractivity contribution is 9.10. The summed E-state index contributed by atoms with van der Waals surface area (Å²) in [6, 6.07) is 3.25. The number of rotatable bonds is 2. The van der Waals surface area contributed by atoms with Crippen LogP contribution in [0, 0.1) is 5.82 Å². The van der Waals surface area contributed by atoms with Gasteiger partial charge in [-0.25, -0.2) is 9.37 Å². The number of ether oxygens (including phenoxy) is 1. The lowest BCUT2D eigenvalue weighted by Crippen LogP contribution is -2.37. The van der Waals surface area contributed by atoms with Crippen LogP contribution in [0.25, 0.3) is 11.0 Å². The second-order valence-electron chi connectivity index (χ2n) is 5.79. The van der Waals surface area contributed by atoms with E-state index >= 15 is 0 Å². The molecule has 2 heterocycles. The van der Waals surface area contributed by atoms with Gasteiger partial charge in [0.25, 0.3) is 0 Å². The number of nitrogens with zero attached hydrogens (tertiary/aromatic N) is 2. The molecule has 0 amide bonds. The molecule has 3 nitrogen and oxygen atoms in total. The molecule has 114 valence electrons. The van der Waals surface area contributed by atoms with Gasteiger partial charge < -0.3 is 9.30 Å². The van der Waals surface area contributed by atoms with Crippen molar-refractivity contribution >= 4 is 38.6 Å². The third kappa shape index (κ3) is 2.60. The van der Waals surface area contributed by atoms with Crippen LogP contribution in [-0.2, 0) is 10.3 Å². The van der Waals surface area contributed by atoms with E-state index in [-0.39, 0.29) is 16.7 Å². The Balaban J connectivity index is 2.27. The minimum atomic E-state index is -0.307. The third-order valence-electron chi connectivity index (χ3n) is 4.19. The number of halogens is 3. The molecule has 1 fully saturated rings. The van der Waals surface area contributed by atoms with E-state index in [9.17, 15) is 4.39 Å². The summed E-state index contributed by atoms with van der Waals surface area (Å²) in [4.78, 5) is 4.56. The van der Waals surface area contributed by atoms with Gasteiger partial charge in [0.1, 0.15) is 11.6 Å². The van der Waals surface area contributed by atoms with Crippen LogP contribution in [0.1, 0.15) is 37.9 Å². The molecule has 2 aromatic rings. The van der Waals surface area contributed by atoms with E-state index in [4.69, 9.17) is 16.3 Å². The van der Waals surface area contributed by atoms with E-state index < -0.39 is 0 Å². The van der Waals surface area contributed by atoms with Crippen molar-refractivity contribution in [1.82, 2.24) is 9.55 Å². The lowest BCUT2D eigenvalue weighted by Gasteiger charge is -2.37. The molecule has 0 spiro atoms. The molecule has 0 saturated carbocycles. The van der Waals surface area contributed by atoms with Gasteiger partial charge in [0.15, 0.2) is 0 Å². The molecule has 21 heavy (non-hydrogen) atoms. The average Bonchev–Trinajstić information content (AvgIpc) is 2.79. The van der Waals surface area contributed by atoms with Crippen molar-refractivity contribution in [3.05, 3.63) is 28.2 Å². The van der Waals surface area contributed by atoms with Gasteiger partial charge in [-0.15, -0.1) is 11.6 Å². The summed E-state index contributed by atoms with van der Waals surface area (Å²) in [7, 11) is 0. The average molecular weight is 376 g/mol. The van der Waals surface area contributed by atoms with E-state index in [1.54, 1.807) is 6.07 Å². The molecule has 1 atom stereocenters. The third-order valence-corrected chi connectivity index (χ3v) is 4.99. The fraction of sp³-hybridized carbons (Fsp3) is 0.533. The first kappa shape index (κ1) is 15.3. The second-order valence-corrected chi connectivity index (χ2v) is 7.29. The lowest BCUT2D eigenvalue weighted by atomic mass is 9.91. The van der Waals surface area contributed by atoms with Crippen molar-refractivity contribution in [2.45, 2.75) is 37.6 Å². The minimum Gasteiger partial charge on any atom is -0.381 e. The molecule has 1 aromatic heterocycles. The normalized spacial score (nSPS) is 19.9. The molecule has 0 N–H and O–H groups in total. The van der Waals surface area contributed by atoms with Crippen molar-refractivity contribution in [2.75, 3.05) is 13.2 Å². The monoisotopic (exact) mass is 374 g/mol. The highest BCUT2D eigenvalue weighted by Crippen LogP contribution is 2.37. The summed E-state index contributed by atoms with van der Waals surface area (Å²) in [6.07, 6.45) is 1.79. The van der Waals surface area contributed by atoms with Crippen LogP contribution < -0.4 is 0 Å². The number of hydrogen-bond acceptors (Lipinski definition) is 2. The van der Waals surface area contributed by atoms with Crippen molar-refractivity contribution in [3.63, 3.8) is 0 Å². The highest BCUT2D eigenvalue weighted by Gasteiger charge is 2.34. The van der Waals surface area contributed by atoms with Crippen molar-refractivity contribution in [1.29, 1.82) is 0 Å². The van der Waals surface area contributed by atoms with E-state index in [1.807, 2.05) is 6.92 Å². The molecule has 6 heteroatoms. The van der Waals surface area contributed by atoms with E-state index in [2.05, 4.69) is 32.4 Å². The Hall–Kier alpha value is -0.650. The Morgan fingerprint density at radius 2 is 2.10 bits per heavy atom. The standard InChI is InChI=1S/C15H17BrClFN2O/c1-9(17)14-19-12-8-11(18)10(16)7-13(12)20(14)15(2)3-5-21-6-4-15/h7-9H,3-6H2,1-2H3. The van der Waals surface area contributed by atoms with Crippen molar-refractivity contribution in [3.8, 4) is 0 Å². The number of imidazole rings is 1. The molecule has 1 aliphatic heterocycles. The highest BCUT2D eigenvalue weighted by atomic mass is 79.9. The predicted molar refractivity (Wildman–Crippen MR) is 85.4 cm³/mol. The SMILES string of the molecule is CC(Cl)c1nc2cc(F)c(Br)cc2n1C1(C)CCOCC1. The first-order valence-corrected chi connectivity index (χ1v) is 8.25. The Morgan fingerprint density at radius 1 is 1.43 bits per heavy atom. The van der Waals surface area contributed by atoms with E-state index in [1.165, 1.54) is 6.07 Å². The van der Waals surface area contributed by atoms with E-state index in [0.717, 1.165) is 24.2 Å². The summed E-state index contributed by atoms with van der Waals surface area (Å²) < 4.78 is 21.9. The maximum absolute atomic E-state index is 13.8. The second kappa shape index (κ2) is 5.52. The Labute approximate surface area is 136 Å². The van der Waals surface area contributed by atoms with Gasteiger partial charge in [-0.1, -0.05) is 0 Å². The molecule has 3 rings (SSSR count). The van der Waals surface area contributed by atoms with Crippen LogP contribution in [0.5, 0.6) is 0 Å². The summed E-state index contributed by atoms with van der Waals surface area (Å²) in [6.45, 7) is 5.52. The molecular formula is C15H17BrClFN2O. The zero-order chi connectivity index (χ0) is 15.2. The fourth-order valence-electron chi connectivity index (χ4n) is 2.96. The summed E-state index contributed by atoms with van der Waals surface area (Å²) in [5.41, 5.74) is 1.45. The van der Waals surface area contributed by atoms with Gasteiger partial charge in [-0.3, -0.25) is 0 Å². The molecule has 1 saturated heterocycles. The first-order valence-electron chi connectivity index (χ1n) is 7.02. The van der Waals surface area contributed by atoms with Crippen LogP contribution in [0.3, 0.4) is 0 Å². The first-order chi connectivity index (χ1) is 9.92. The van der Waals surface area contributed by atoms with Gasteiger partial charge in [-0.2, -0.15) is 0 Å².